The normalized spacial score (nSPS) is 16.1. The molecule has 0 aliphatic carbocycles. The van der Waals surface area contributed by atoms with Gasteiger partial charge in [0.25, 0.3) is 5.91 Å². The number of carbonyl (C=O) groups excluding carboxylic acids is 1. The monoisotopic (exact) mass is 393 g/mol. The maximum Gasteiger partial charge on any atom is 0.323 e. The Bertz CT molecular complexity index is 919. The summed E-state index contributed by atoms with van der Waals surface area (Å²) >= 11 is 12.2. The summed E-state index contributed by atoms with van der Waals surface area (Å²) in [6.45, 7) is 1.46. The number of hydrogen-bond donors (Lipinski definition) is 1. The third kappa shape index (κ3) is 3.78. The van der Waals surface area contributed by atoms with Crippen molar-refractivity contribution >= 4 is 57.9 Å². The quantitative estimate of drug-likeness (QED) is 0.620. The molecule has 0 saturated carbocycles. The molecule has 1 aliphatic rings. The first kappa shape index (κ1) is 17.7. The van der Waals surface area contributed by atoms with Crippen molar-refractivity contribution in [2.24, 2.45) is 0 Å². The average molecular weight is 394 g/mol. The lowest BCUT2D eigenvalue weighted by molar-refractivity contribution is -0.140. The molecule has 0 spiro atoms. The van der Waals surface area contributed by atoms with E-state index in [2.05, 4.69) is 0 Å². The van der Waals surface area contributed by atoms with Gasteiger partial charge in [-0.25, -0.2) is 0 Å². The van der Waals surface area contributed by atoms with Crippen molar-refractivity contribution in [2.45, 2.75) is 6.92 Å². The number of carbonyl (C=O) groups is 2. The third-order valence-corrected chi connectivity index (χ3v) is 5.31. The highest BCUT2D eigenvalue weighted by molar-refractivity contribution is 8.26. The topological polar surface area (TPSA) is 70.8 Å². The Morgan fingerprint density at radius 1 is 1.40 bits per heavy atom. The van der Waals surface area contributed by atoms with Crippen LogP contribution >= 0.6 is 35.6 Å². The minimum atomic E-state index is -1.12. The molecule has 1 aromatic heterocycles. The minimum Gasteiger partial charge on any atom is -0.480 e. The van der Waals surface area contributed by atoms with E-state index in [0.29, 0.717) is 21.4 Å². The Labute approximate surface area is 158 Å². The second-order valence-electron chi connectivity index (χ2n) is 5.33. The predicted molar refractivity (Wildman–Crippen MR) is 101 cm³/mol. The van der Waals surface area contributed by atoms with E-state index in [0.717, 1.165) is 27.8 Å². The van der Waals surface area contributed by atoms with Crippen LogP contribution in [-0.2, 0) is 9.59 Å². The van der Waals surface area contributed by atoms with Crippen LogP contribution in [-0.4, -0.2) is 32.7 Å². The third-order valence-electron chi connectivity index (χ3n) is 3.52. The lowest BCUT2D eigenvalue weighted by Gasteiger charge is -2.09. The molecule has 0 radical (unpaired) electrons. The van der Waals surface area contributed by atoms with Crippen LogP contribution < -0.4 is 0 Å². The van der Waals surface area contributed by atoms with Gasteiger partial charge in [-0.3, -0.25) is 14.5 Å². The summed E-state index contributed by atoms with van der Waals surface area (Å²) in [5.41, 5.74) is 1.80. The van der Waals surface area contributed by atoms with Gasteiger partial charge in [0.1, 0.15) is 22.4 Å². The van der Waals surface area contributed by atoms with Crippen LogP contribution in [0.4, 0.5) is 0 Å². The summed E-state index contributed by atoms with van der Waals surface area (Å²) in [5.74, 6) is -0.459. The molecule has 3 rings (SSSR count). The summed E-state index contributed by atoms with van der Waals surface area (Å²) in [7, 11) is 0. The summed E-state index contributed by atoms with van der Waals surface area (Å²) in [6, 6.07) is 9.12. The Morgan fingerprint density at radius 2 is 2.16 bits per heavy atom. The predicted octanol–water partition coefficient (Wildman–Crippen LogP) is 4.19. The number of carboxylic acid groups (broad SMARTS) is 1. The van der Waals surface area contributed by atoms with Crippen LogP contribution in [0.1, 0.15) is 11.3 Å². The molecule has 5 nitrogen and oxygen atoms in total. The SMILES string of the molecule is Cc1ccc(-c2ccc(C=C3SC(=S)N(CC(=O)O)C3=O)o2)cc1Cl. The number of furan rings is 1. The molecule has 0 unspecified atom stereocenters. The molecule has 128 valence electrons. The van der Waals surface area contributed by atoms with Gasteiger partial charge in [-0.05, 0) is 30.7 Å². The number of benzene rings is 1. The van der Waals surface area contributed by atoms with Gasteiger partial charge in [0.05, 0.1) is 4.91 Å². The maximum atomic E-state index is 12.2. The summed E-state index contributed by atoms with van der Waals surface area (Å²) in [6.07, 6.45) is 1.56. The number of rotatable bonds is 4. The lowest BCUT2D eigenvalue weighted by atomic mass is 10.1. The van der Waals surface area contributed by atoms with Crippen molar-refractivity contribution in [1.29, 1.82) is 0 Å². The maximum absolute atomic E-state index is 12.2. The average Bonchev–Trinajstić information content (AvgIpc) is 3.11. The summed E-state index contributed by atoms with van der Waals surface area (Å²) in [4.78, 5) is 24.4. The largest absolute Gasteiger partial charge is 0.480 e. The highest BCUT2D eigenvalue weighted by atomic mass is 35.5. The molecular weight excluding hydrogens is 382 g/mol. The van der Waals surface area contributed by atoms with E-state index >= 15 is 0 Å². The number of aliphatic carboxylic acids is 1. The minimum absolute atomic E-state index is 0.218. The fourth-order valence-corrected chi connectivity index (χ4v) is 3.65. The smallest absolute Gasteiger partial charge is 0.323 e. The van der Waals surface area contributed by atoms with Gasteiger partial charge < -0.3 is 9.52 Å². The molecule has 2 heterocycles. The molecule has 1 amide bonds. The Balaban J connectivity index is 1.84. The highest BCUT2D eigenvalue weighted by Gasteiger charge is 2.33. The van der Waals surface area contributed by atoms with E-state index < -0.39 is 18.4 Å². The number of aryl methyl sites for hydroxylation is 1. The zero-order chi connectivity index (χ0) is 18.1. The van der Waals surface area contributed by atoms with Gasteiger partial charge in [0.15, 0.2) is 0 Å². The van der Waals surface area contributed by atoms with Crippen LogP contribution in [0.25, 0.3) is 17.4 Å². The first-order valence-electron chi connectivity index (χ1n) is 7.18. The number of thiocarbonyl (C=S) groups is 1. The highest BCUT2D eigenvalue weighted by Crippen LogP contribution is 2.34. The van der Waals surface area contributed by atoms with Crippen LogP contribution in [0.2, 0.25) is 5.02 Å². The fraction of sp³-hybridized carbons (Fsp3) is 0.118. The van der Waals surface area contributed by atoms with Crippen LogP contribution in [0.3, 0.4) is 0 Å². The van der Waals surface area contributed by atoms with Crippen molar-refractivity contribution in [3.05, 3.63) is 51.6 Å². The number of nitrogens with zero attached hydrogens (tertiary/aromatic N) is 1. The zero-order valence-corrected chi connectivity index (χ0v) is 15.4. The van der Waals surface area contributed by atoms with Crippen molar-refractivity contribution in [3.8, 4) is 11.3 Å². The number of hydrogen-bond acceptors (Lipinski definition) is 5. The molecular formula is C17H12ClNO4S2. The van der Waals surface area contributed by atoms with Crippen molar-refractivity contribution in [2.75, 3.05) is 6.54 Å². The van der Waals surface area contributed by atoms with E-state index in [1.807, 2.05) is 25.1 Å². The van der Waals surface area contributed by atoms with Crippen molar-refractivity contribution in [1.82, 2.24) is 4.90 Å². The van der Waals surface area contributed by atoms with Gasteiger partial charge in [0.2, 0.25) is 0 Å². The lowest BCUT2D eigenvalue weighted by Crippen LogP contribution is -2.33. The van der Waals surface area contributed by atoms with Gasteiger partial charge in [0, 0.05) is 16.7 Å². The zero-order valence-electron chi connectivity index (χ0n) is 13.0. The van der Waals surface area contributed by atoms with E-state index in [-0.39, 0.29) is 4.32 Å². The molecule has 0 bridgehead atoms. The Morgan fingerprint density at radius 3 is 2.84 bits per heavy atom. The second kappa shape index (κ2) is 7.03. The van der Waals surface area contributed by atoms with Crippen molar-refractivity contribution in [3.63, 3.8) is 0 Å². The number of amides is 1. The molecule has 0 atom stereocenters. The molecule has 8 heteroatoms. The summed E-state index contributed by atoms with van der Waals surface area (Å²) in [5, 5.41) is 9.49. The van der Waals surface area contributed by atoms with Crippen LogP contribution in [0.15, 0.2) is 39.7 Å². The number of thioether (sulfide) groups is 1. The van der Waals surface area contributed by atoms with Gasteiger partial charge in [-0.15, -0.1) is 0 Å². The molecule has 1 fully saturated rings. The van der Waals surface area contributed by atoms with Gasteiger partial charge >= 0.3 is 5.97 Å². The molecule has 1 aliphatic heterocycles. The van der Waals surface area contributed by atoms with Gasteiger partial charge in [-0.2, -0.15) is 0 Å². The number of halogens is 1. The Hall–Kier alpha value is -2.09. The second-order valence-corrected chi connectivity index (χ2v) is 7.41. The molecule has 2 aromatic rings. The first-order valence-corrected chi connectivity index (χ1v) is 8.79. The van der Waals surface area contributed by atoms with E-state index in [9.17, 15) is 9.59 Å². The fourth-order valence-electron chi connectivity index (χ4n) is 2.23. The molecule has 1 aromatic carbocycles. The van der Waals surface area contributed by atoms with E-state index in [1.165, 1.54) is 0 Å². The van der Waals surface area contributed by atoms with Crippen LogP contribution in [0, 0.1) is 6.92 Å². The van der Waals surface area contributed by atoms with Crippen LogP contribution in [0.5, 0.6) is 0 Å². The van der Waals surface area contributed by atoms with E-state index in [1.54, 1.807) is 18.2 Å². The molecule has 1 N–H and O–H groups in total. The van der Waals surface area contributed by atoms with Gasteiger partial charge in [-0.1, -0.05) is 47.7 Å². The van der Waals surface area contributed by atoms with E-state index in [4.69, 9.17) is 33.3 Å². The first-order chi connectivity index (χ1) is 11.8. The standard InChI is InChI=1S/C17H12ClNO4S2/c1-9-2-3-10(6-12(9)18)13-5-4-11(23-13)7-14-16(22)19(8-15(20)21)17(24)25-14/h2-7H,8H2,1H3,(H,20,21). The molecule has 1 saturated heterocycles. The molecule has 25 heavy (non-hydrogen) atoms. The van der Waals surface area contributed by atoms with Crippen molar-refractivity contribution < 1.29 is 19.1 Å². The Kier molecular flexibility index (Phi) is 4.99. The summed E-state index contributed by atoms with van der Waals surface area (Å²) < 4.78 is 5.97. The number of carboxylic acids is 1.